The Kier molecular flexibility index (Phi) is 5.57. The van der Waals surface area contributed by atoms with Crippen LogP contribution in [0.25, 0.3) is 0 Å². The van der Waals surface area contributed by atoms with Crippen LogP contribution in [-0.4, -0.2) is 35.7 Å². The maximum absolute atomic E-state index is 9.60. The lowest BCUT2D eigenvalue weighted by atomic mass is 10.0. The maximum atomic E-state index is 9.60. The topological polar surface area (TPSA) is 23.5 Å². The van der Waals surface area contributed by atoms with E-state index < -0.39 is 5.60 Å². The summed E-state index contributed by atoms with van der Waals surface area (Å²) in [6, 6.07) is 0. The Hall–Kier alpha value is -0.0800. The molecule has 1 N–H and O–H groups in total. The van der Waals surface area contributed by atoms with Gasteiger partial charge in [0.25, 0.3) is 0 Å². The van der Waals surface area contributed by atoms with Gasteiger partial charge in [0.05, 0.1) is 5.60 Å². The summed E-state index contributed by atoms with van der Waals surface area (Å²) in [5.41, 5.74) is -0.569. The molecule has 0 bridgehead atoms. The second-order valence-corrected chi connectivity index (χ2v) is 4.69. The fraction of sp³-hybridized carbons (Fsp3) is 1.00. The van der Waals surface area contributed by atoms with E-state index in [4.69, 9.17) is 0 Å². The Bertz CT molecular complexity index is 125. The van der Waals surface area contributed by atoms with E-state index in [0.717, 1.165) is 19.0 Å². The fourth-order valence-electron chi connectivity index (χ4n) is 1.71. The zero-order valence-electron chi connectivity index (χ0n) is 9.80. The molecule has 2 heteroatoms. The second-order valence-electron chi connectivity index (χ2n) is 4.69. The highest BCUT2D eigenvalue weighted by molar-refractivity contribution is 4.71. The molecule has 2 nitrogen and oxygen atoms in total. The first kappa shape index (κ1) is 12.9. The standard InChI is InChI=1S/C11H25NO/c1-6-10(7-2)8-12(5)9-11(3,4)13/h10,13H,6-9H2,1-5H3. The van der Waals surface area contributed by atoms with E-state index >= 15 is 0 Å². The lowest BCUT2D eigenvalue weighted by Gasteiger charge is -2.28. The average Bonchev–Trinajstić information content (AvgIpc) is 1.96. The maximum Gasteiger partial charge on any atom is 0.0718 e. The Morgan fingerprint density at radius 1 is 1.23 bits per heavy atom. The van der Waals surface area contributed by atoms with Gasteiger partial charge in [-0.1, -0.05) is 26.7 Å². The van der Waals surface area contributed by atoms with Gasteiger partial charge in [0, 0.05) is 13.1 Å². The van der Waals surface area contributed by atoms with E-state index in [9.17, 15) is 5.11 Å². The summed E-state index contributed by atoms with van der Waals surface area (Å²) in [5.74, 6) is 0.771. The summed E-state index contributed by atoms with van der Waals surface area (Å²) < 4.78 is 0. The van der Waals surface area contributed by atoms with Crippen molar-refractivity contribution in [2.24, 2.45) is 5.92 Å². The van der Waals surface area contributed by atoms with Crippen LogP contribution in [0.1, 0.15) is 40.5 Å². The molecule has 0 heterocycles. The van der Waals surface area contributed by atoms with Crippen molar-refractivity contribution in [2.45, 2.75) is 46.1 Å². The van der Waals surface area contributed by atoms with Gasteiger partial charge in [-0.05, 0) is 26.8 Å². The highest BCUT2D eigenvalue weighted by Gasteiger charge is 2.17. The molecule has 0 rings (SSSR count). The molecular formula is C11H25NO. The van der Waals surface area contributed by atoms with Gasteiger partial charge in [-0.15, -0.1) is 0 Å². The lowest BCUT2D eigenvalue weighted by Crippen LogP contribution is -2.38. The molecule has 0 saturated carbocycles. The van der Waals surface area contributed by atoms with E-state index in [1.54, 1.807) is 0 Å². The van der Waals surface area contributed by atoms with E-state index in [1.165, 1.54) is 12.8 Å². The van der Waals surface area contributed by atoms with Gasteiger partial charge in [0.2, 0.25) is 0 Å². The monoisotopic (exact) mass is 187 g/mol. The summed E-state index contributed by atoms with van der Waals surface area (Å²) in [5, 5.41) is 9.60. The molecule has 13 heavy (non-hydrogen) atoms. The third-order valence-corrected chi connectivity index (χ3v) is 2.38. The van der Waals surface area contributed by atoms with Crippen molar-refractivity contribution in [3.63, 3.8) is 0 Å². The summed E-state index contributed by atoms with van der Waals surface area (Å²) in [4.78, 5) is 2.22. The minimum Gasteiger partial charge on any atom is -0.389 e. The molecule has 0 aromatic carbocycles. The van der Waals surface area contributed by atoms with E-state index in [1.807, 2.05) is 13.8 Å². The van der Waals surface area contributed by atoms with Gasteiger partial charge >= 0.3 is 0 Å². The number of aliphatic hydroxyl groups is 1. The molecule has 0 amide bonds. The molecule has 0 spiro atoms. The van der Waals surface area contributed by atoms with Gasteiger partial charge in [0.15, 0.2) is 0 Å². The van der Waals surface area contributed by atoms with Crippen molar-refractivity contribution >= 4 is 0 Å². The minimum atomic E-state index is -0.569. The normalized spacial score (nSPS) is 12.9. The first-order valence-corrected chi connectivity index (χ1v) is 5.30. The van der Waals surface area contributed by atoms with Crippen LogP contribution in [0.3, 0.4) is 0 Å². The Morgan fingerprint density at radius 2 is 1.69 bits per heavy atom. The van der Waals surface area contributed by atoms with Crippen molar-refractivity contribution in [2.75, 3.05) is 20.1 Å². The molecule has 0 fully saturated rings. The molecule has 0 aliphatic rings. The summed E-state index contributed by atoms with van der Waals surface area (Å²) in [6.07, 6.45) is 2.46. The van der Waals surface area contributed by atoms with Gasteiger partial charge in [-0.2, -0.15) is 0 Å². The quantitative estimate of drug-likeness (QED) is 0.688. The van der Waals surface area contributed by atoms with Crippen molar-refractivity contribution < 1.29 is 5.11 Å². The number of nitrogens with zero attached hydrogens (tertiary/aromatic N) is 1. The summed E-state index contributed by atoms with van der Waals surface area (Å²) >= 11 is 0. The van der Waals surface area contributed by atoms with Crippen LogP contribution in [0, 0.1) is 5.92 Å². The lowest BCUT2D eigenvalue weighted by molar-refractivity contribution is 0.0398. The fourth-order valence-corrected chi connectivity index (χ4v) is 1.71. The predicted octanol–water partition coefficient (Wildman–Crippen LogP) is 2.13. The molecule has 0 aromatic rings. The average molecular weight is 187 g/mol. The predicted molar refractivity (Wildman–Crippen MR) is 57.9 cm³/mol. The van der Waals surface area contributed by atoms with Crippen LogP contribution in [0.15, 0.2) is 0 Å². The van der Waals surface area contributed by atoms with Crippen LogP contribution in [0.4, 0.5) is 0 Å². The van der Waals surface area contributed by atoms with Crippen LogP contribution >= 0.6 is 0 Å². The number of likely N-dealkylation sites (N-methyl/N-ethyl adjacent to an activating group) is 1. The minimum absolute atomic E-state index is 0.569. The number of hydrogen-bond donors (Lipinski definition) is 1. The smallest absolute Gasteiger partial charge is 0.0718 e. The van der Waals surface area contributed by atoms with Gasteiger partial charge in [0.1, 0.15) is 0 Å². The molecule has 0 aromatic heterocycles. The first-order chi connectivity index (χ1) is 5.89. The second kappa shape index (κ2) is 5.61. The third-order valence-electron chi connectivity index (χ3n) is 2.38. The number of hydrogen-bond acceptors (Lipinski definition) is 2. The Labute approximate surface area is 82.9 Å². The molecular weight excluding hydrogens is 162 g/mol. The van der Waals surface area contributed by atoms with Crippen LogP contribution in [0.2, 0.25) is 0 Å². The van der Waals surface area contributed by atoms with Crippen molar-refractivity contribution in [3.8, 4) is 0 Å². The Balaban J connectivity index is 3.79. The van der Waals surface area contributed by atoms with Crippen molar-refractivity contribution in [1.29, 1.82) is 0 Å². The first-order valence-electron chi connectivity index (χ1n) is 5.30. The third kappa shape index (κ3) is 7.03. The largest absolute Gasteiger partial charge is 0.389 e. The van der Waals surface area contributed by atoms with Gasteiger partial charge in [-0.3, -0.25) is 0 Å². The SMILES string of the molecule is CCC(CC)CN(C)CC(C)(C)O. The van der Waals surface area contributed by atoms with Crippen LogP contribution in [-0.2, 0) is 0 Å². The zero-order chi connectivity index (χ0) is 10.5. The van der Waals surface area contributed by atoms with Crippen LogP contribution < -0.4 is 0 Å². The summed E-state index contributed by atoms with van der Waals surface area (Å²) in [7, 11) is 2.08. The zero-order valence-corrected chi connectivity index (χ0v) is 9.80. The molecule has 0 aliphatic heterocycles. The molecule has 80 valence electrons. The van der Waals surface area contributed by atoms with Gasteiger partial charge in [-0.25, -0.2) is 0 Å². The highest BCUT2D eigenvalue weighted by atomic mass is 16.3. The van der Waals surface area contributed by atoms with E-state index in [2.05, 4.69) is 25.8 Å². The molecule has 0 radical (unpaired) electrons. The van der Waals surface area contributed by atoms with Crippen molar-refractivity contribution in [3.05, 3.63) is 0 Å². The molecule has 0 unspecified atom stereocenters. The highest BCUT2D eigenvalue weighted by Crippen LogP contribution is 2.11. The van der Waals surface area contributed by atoms with Crippen LogP contribution in [0.5, 0.6) is 0 Å². The van der Waals surface area contributed by atoms with E-state index in [-0.39, 0.29) is 0 Å². The molecule has 0 saturated heterocycles. The molecule has 0 aliphatic carbocycles. The number of rotatable bonds is 6. The van der Waals surface area contributed by atoms with Gasteiger partial charge < -0.3 is 10.0 Å². The van der Waals surface area contributed by atoms with E-state index in [0.29, 0.717) is 0 Å². The Morgan fingerprint density at radius 3 is 2.00 bits per heavy atom. The summed E-state index contributed by atoms with van der Waals surface area (Å²) in [6.45, 7) is 10.0. The molecule has 0 atom stereocenters. The van der Waals surface area contributed by atoms with Crippen molar-refractivity contribution in [1.82, 2.24) is 4.90 Å².